The van der Waals surface area contributed by atoms with E-state index < -0.39 is 0 Å². The van der Waals surface area contributed by atoms with Crippen LogP contribution in [-0.4, -0.2) is 53.3 Å². The fourth-order valence-electron chi connectivity index (χ4n) is 3.14. The molecular weight excluding hydrogens is 342 g/mol. The van der Waals surface area contributed by atoms with Gasteiger partial charge in [-0.05, 0) is 31.9 Å². The molecule has 27 heavy (non-hydrogen) atoms. The van der Waals surface area contributed by atoms with Gasteiger partial charge in [-0.1, -0.05) is 25.3 Å². The van der Waals surface area contributed by atoms with Crippen LogP contribution in [0.25, 0.3) is 0 Å². The molecule has 0 atom stereocenters. The molecule has 1 aromatic carbocycles. The molecule has 1 aromatic rings. The molecule has 2 amide bonds. The highest BCUT2D eigenvalue weighted by Gasteiger charge is 2.20. The monoisotopic (exact) mass is 370 g/mol. The minimum absolute atomic E-state index is 0.0492. The summed E-state index contributed by atoms with van der Waals surface area (Å²) >= 11 is 0. The summed E-state index contributed by atoms with van der Waals surface area (Å²) in [5.74, 6) is 0.771. The van der Waals surface area contributed by atoms with Crippen molar-refractivity contribution in [3.05, 3.63) is 65.4 Å². The number of hydrogen-bond donors (Lipinski definition) is 2. The van der Waals surface area contributed by atoms with Crippen molar-refractivity contribution in [1.29, 1.82) is 0 Å². The van der Waals surface area contributed by atoms with E-state index in [2.05, 4.69) is 18.5 Å². The predicted molar refractivity (Wildman–Crippen MR) is 107 cm³/mol. The Bertz CT molecular complexity index is 809. The Hall–Kier alpha value is -3.02. The molecule has 0 radical (unpaired) electrons. The van der Waals surface area contributed by atoms with Crippen LogP contribution in [0.2, 0.25) is 0 Å². The molecule has 0 unspecified atom stereocenters. The normalized spacial score (nSPS) is 14.9. The third-order valence-electron chi connectivity index (χ3n) is 4.53. The second kappa shape index (κ2) is 9.07. The number of aryl methyl sites for hydroxylation is 2. The molecule has 0 saturated carbocycles. The molecule has 6 heteroatoms. The highest BCUT2D eigenvalue weighted by Crippen LogP contribution is 2.28. The van der Waals surface area contributed by atoms with Crippen molar-refractivity contribution in [2.45, 2.75) is 20.8 Å². The number of rotatable bonds is 8. The van der Waals surface area contributed by atoms with Gasteiger partial charge in [0.15, 0.2) is 0 Å². The molecule has 1 aliphatic rings. The van der Waals surface area contributed by atoms with Crippen molar-refractivity contribution < 1.29 is 19.5 Å². The summed E-state index contributed by atoms with van der Waals surface area (Å²) in [6.45, 7) is 15.6. The number of carbonyl (C=O) groups excluding carboxylic acids is 1. The first-order valence-corrected chi connectivity index (χ1v) is 8.93. The average molecular weight is 370 g/mol. The number of urea groups is 1. The number of hydrogen-bond acceptors (Lipinski definition) is 3. The van der Waals surface area contributed by atoms with Crippen molar-refractivity contribution in [3.8, 4) is 5.75 Å². The number of benzene rings is 1. The number of amides is 2. The molecule has 1 aliphatic heterocycles. The van der Waals surface area contributed by atoms with Gasteiger partial charge in [0.1, 0.15) is 12.4 Å². The van der Waals surface area contributed by atoms with E-state index in [1.54, 1.807) is 29.3 Å². The van der Waals surface area contributed by atoms with Gasteiger partial charge < -0.3 is 15.0 Å². The molecule has 0 bridgehead atoms. The molecule has 0 aromatic heterocycles. The first kappa shape index (κ1) is 20.3. The summed E-state index contributed by atoms with van der Waals surface area (Å²) in [7, 11) is 0. The minimum Gasteiger partial charge on any atom is -0.491 e. The van der Waals surface area contributed by atoms with Crippen molar-refractivity contribution >= 4 is 12.2 Å². The lowest BCUT2D eigenvalue weighted by Gasteiger charge is -2.18. The molecule has 2 N–H and O–H groups in total. The second-order valence-corrected chi connectivity index (χ2v) is 6.45. The number of nitrogens with one attached hydrogen (secondary N) is 1. The maximum atomic E-state index is 11.6. The maximum absolute atomic E-state index is 11.6. The van der Waals surface area contributed by atoms with Crippen LogP contribution in [0.5, 0.6) is 5.75 Å². The summed E-state index contributed by atoms with van der Waals surface area (Å²) in [4.78, 5) is 13.4. The number of allylic oxidation sites excluding steroid dienone is 3. The maximum Gasteiger partial charge on any atom is 0.317 e. The van der Waals surface area contributed by atoms with E-state index in [0.29, 0.717) is 31.9 Å². The predicted octanol–water partition coefficient (Wildman–Crippen LogP) is 3.09. The quantitative estimate of drug-likeness (QED) is 0.243. The van der Waals surface area contributed by atoms with Crippen LogP contribution in [-0.2, 0) is 0 Å². The van der Waals surface area contributed by atoms with E-state index in [9.17, 15) is 10.0 Å². The Balaban J connectivity index is 2.25. The van der Waals surface area contributed by atoms with E-state index in [0.717, 1.165) is 32.7 Å². The van der Waals surface area contributed by atoms with Gasteiger partial charge >= 0.3 is 6.03 Å². The Kier molecular flexibility index (Phi) is 6.82. The summed E-state index contributed by atoms with van der Waals surface area (Å²) < 4.78 is 7.02. The first-order valence-electron chi connectivity index (χ1n) is 8.93. The van der Waals surface area contributed by atoms with Crippen molar-refractivity contribution in [2.75, 3.05) is 26.2 Å². The zero-order chi connectivity index (χ0) is 20.0. The lowest BCUT2D eigenvalue weighted by molar-refractivity contribution is -0.731. The van der Waals surface area contributed by atoms with Crippen LogP contribution in [0.1, 0.15) is 22.3 Å². The topological polar surface area (TPSA) is 64.8 Å². The van der Waals surface area contributed by atoms with Crippen molar-refractivity contribution in [2.24, 2.45) is 0 Å². The van der Waals surface area contributed by atoms with E-state index >= 15 is 0 Å². The van der Waals surface area contributed by atoms with Gasteiger partial charge in [-0.15, -0.1) is 0 Å². The van der Waals surface area contributed by atoms with Crippen LogP contribution >= 0.6 is 0 Å². The average Bonchev–Trinajstić information content (AvgIpc) is 3.04. The van der Waals surface area contributed by atoms with Crippen LogP contribution < -0.4 is 10.1 Å². The van der Waals surface area contributed by atoms with E-state index in [1.165, 1.54) is 0 Å². The van der Waals surface area contributed by atoms with Crippen LogP contribution in [0.4, 0.5) is 4.79 Å². The van der Waals surface area contributed by atoms with E-state index in [4.69, 9.17) is 4.74 Å². The first-order chi connectivity index (χ1) is 12.9. The zero-order valence-corrected chi connectivity index (χ0v) is 16.3. The van der Waals surface area contributed by atoms with Crippen LogP contribution in [0.3, 0.4) is 0 Å². The lowest BCUT2D eigenvalue weighted by Crippen LogP contribution is -2.32. The molecule has 6 nitrogen and oxygen atoms in total. The lowest BCUT2D eigenvalue weighted by atomic mass is 9.99. The van der Waals surface area contributed by atoms with Gasteiger partial charge in [0, 0.05) is 35.5 Å². The Morgan fingerprint density at radius 3 is 2.70 bits per heavy atom. The third kappa shape index (κ3) is 4.78. The highest BCUT2D eigenvalue weighted by molar-refractivity contribution is 5.82. The Morgan fingerprint density at radius 1 is 1.37 bits per heavy atom. The Morgan fingerprint density at radius 2 is 2.11 bits per heavy atom. The van der Waals surface area contributed by atoms with Gasteiger partial charge in [0.25, 0.3) is 5.70 Å². The standard InChI is InChI=1S/C21H27N3O3/c1-6-8-18(7-2)24(26)14-19-15(3)13-16(4)20(17(19)5)27-12-11-23-10-9-22-21(23)25/h6-8,13-14H,1-2,9-12H2,3-5H3,(H-,22,25,26)/p+1/b18-8+,24-14?. The fourth-order valence-corrected chi connectivity index (χ4v) is 3.14. The minimum atomic E-state index is -0.0492. The van der Waals surface area contributed by atoms with E-state index in [1.807, 2.05) is 26.8 Å². The molecule has 1 saturated heterocycles. The summed E-state index contributed by atoms with van der Waals surface area (Å²) in [6.07, 6.45) is 6.45. The smallest absolute Gasteiger partial charge is 0.317 e. The largest absolute Gasteiger partial charge is 0.491 e. The van der Waals surface area contributed by atoms with Crippen molar-refractivity contribution in [1.82, 2.24) is 10.2 Å². The van der Waals surface area contributed by atoms with Gasteiger partial charge in [-0.3, -0.25) is 5.21 Å². The highest BCUT2D eigenvalue weighted by atomic mass is 16.5. The number of ether oxygens (including phenoxy) is 1. The molecular formula is C21H28N3O3+. The Labute approximate surface area is 160 Å². The molecule has 2 rings (SSSR count). The molecule has 1 fully saturated rings. The third-order valence-corrected chi connectivity index (χ3v) is 4.53. The fraction of sp³-hybridized carbons (Fsp3) is 0.333. The summed E-state index contributed by atoms with van der Waals surface area (Å²) in [5, 5.41) is 13.1. The van der Waals surface area contributed by atoms with Gasteiger partial charge in [-0.2, -0.15) is 0 Å². The van der Waals surface area contributed by atoms with Gasteiger partial charge in [0.2, 0.25) is 6.21 Å². The van der Waals surface area contributed by atoms with Crippen molar-refractivity contribution in [3.63, 3.8) is 0 Å². The van der Waals surface area contributed by atoms with Crippen LogP contribution in [0, 0.1) is 20.8 Å². The summed E-state index contributed by atoms with van der Waals surface area (Å²) in [6, 6.07) is 1.97. The molecule has 144 valence electrons. The van der Waals surface area contributed by atoms with Crippen LogP contribution in [0.15, 0.2) is 43.1 Å². The molecule has 0 aliphatic carbocycles. The number of carbonyl (C=O) groups is 1. The van der Waals surface area contributed by atoms with Gasteiger partial charge in [0.05, 0.1) is 12.1 Å². The molecule has 1 heterocycles. The SMILES string of the molecule is C=C/C=C(\C=C)[N+](O)=Cc1c(C)cc(C)c(OCCN2CCNC2=O)c1C. The molecule has 0 spiro atoms. The number of nitrogens with zero attached hydrogens (tertiary/aromatic N) is 2. The second-order valence-electron chi connectivity index (χ2n) is 6.45. The number of hydroxylamine groups is 1. The van der Waals surface area contributed by atoms with E-state index in [-0.39, 0.29) is 6.03 Å². The zero-order valence-electron chi connectivity index (χ0n) is 16.3. The summed E-state index contributed by atoms with van der Waals surface area (Å²) in [5.41, 5.74) is 4.36. The van der Waals surface area contributed by atoms with Gasteiger partial charge in [-0.25, -0.2) is 4.79 Å².